The van der Waals surface area contributed by atoms with Gasteiger partial charge in [0.1, 0.15) is 0 Å². The molecule has 8 nitrogen and oxygen atoms in total. The highest BCUT2D eigenvalue weighted by molar-refractivity contribution is 7.89. The molecule has 0 spiro atoms. The highest BCUT2D eigenvalue weighted by Gasteiger charge is 2.30. The van der Waals surface area contributed by atoms with Gasteiger partial charge in [0.15, 0.2) is 0 Å². The van der Waals surface area contributed by atoms with Gasteiger partial charge in [0.2, 0.25) is 20.0 Å². The topological polar surface area (TPSA) is 118 Å². The molecular formula is C17H19N3O5S2. The zero-order valence-electron chi connectivity index (χ0n) is 14.4. The molecule has 0 atom stereocenters. The first-order chi connectivity index (χ1) is 12.7. The number of carbonyl (C=O) groups is 1. The van der Waals surface area contributed by atoms with Gasteiger partial charge < -0.3 is 4.90 Å². The molecule has 2 N–H and O–H groups in total. The molecular weight excluding hydrogens is 390 g/mol. The number of piperazine rings is 1. The van der Waals surface area contributed by atoms with Crippen molar-refractivity contribution in [1.82, 2.24) is 9.21 Å². The summed E-state index contributed by atoms with van der Waals surface area (Å²) in [5, 5.41) is 5.10. The van der Waals surface area contributed by atoms with Crippen LogP contribution >= 0.6 is 0 Å². The van der Waals surface area contributed by atoms with Gasteiger partial charge in [-0.3, -0.25) is 4.79 Å². The van der Waals surface area contributed by atoms with E-state index in [1.165, 1.54) is 45.6 Å². The van der Waals surface area contributed by atoms with Crippen LogP contribution in [0.3, 0.4) is 0 Å². The van der Waals surface area contributed by atoms with E-state index >= 15 is 0 Å². The Bertz CT molecular complexity index is 1040. The molecule has 0 aliphatic carbocycles. The third-order valence-electron chi connectivity index (χ3n) is 4.32. The monoisotopic (exact) mass is 409 g/mol. The normalized spacial score (nSPS) is 16.3. The second-order valence-corrected chi connectivity index (χ2v) is 9.58. The number of hydrogen-bond acceptors (Lipinski definition) is 5. The van der Waals surface area contributed by atoms with Gasteiger partial charge in [-0.2, -0.15) is 4.31 Å². The van der Waals surface area contributed by atoms with Crippen molar-refractivity contribution < 1.29 is 21.6 Å². The molecule has 2 aromatic rings. The molecule has 1 aliphatic heterocycles. The van der Waals surface area contributed by atoms with E-state index in [9.17, 15) is 21.6 Å². The second-order valence-electron chi connectivity index (χ2n) is 6.08. The molecule has 1 fully saturated rings. The van der Waals surface area contributed by atoms with Crippen molar-refractivity contribution in [2.75, 3.05) is 26.2 Å². The van der Waals surface area contributed by atoms with Crippen LogP contribution in [0.4, 0.5) is 0 Å². The average molecular weight is 409 g/mol. The highest BCUT2D eigenvalue weighted by Crippen LogP contribution is 2.19. The van der Waals surface area contributed by atoms with E-state index in [4.69, 9.17) is 5.14 Å². The zero-order valence-corrected chi connectivity index (χ0v) is 16.0. The molecule has 144 valence electrons. The fourth-order valence-electron chi connectivity index (χ4n) is 2.86. The fraction of sp³-hybridized carbons (Fsp3) is 0.235. The predicted octanol–water partition coefficient (Wildman–Crippen LogP) is 0.481. The molecule has 10 heteroatoms. The van der Waals surface area contributed by atoms with Crippen LogP contribution in [0, 0.1) is 0 Å². The predicted molar refractivity (Wildman–Crippen MR) is 98.9 cm³/mol. The summed E-state index contributed by atoms with van der Waals surface area (Å²) in [6.45, 7) is 0.755. The number of rotatable bonds is 4. The van der Waals surface area contributed by atoms with Crippen molar-refractivity contribution in [3.63, 3.8) is 0 Å². The van der Waals surface area contributed by atoms with Crippen LogP contribution < -0.4 is 5.14 Å². The second kappa shape index (κ2) is 7.39. The van der Waals surface area contributed by atoms with Crippen LogP contribution in [0.25, 0.3) is 0 Å². The Balaban J connectivity index is 1.72. The number of primary sulfonamides is 1. The first-order valence-corrected chi connectivity index (χ1v) is 11.2. The third-order valence-corrected chi connectivity index (χ3v) is 7.14. The van der Waals surface area contributed by atoms with Gasteiger partial charge in [-0.25, -0.2) is 22.0 Å². The van der Waals surface area contributed by atoms with Crippen molar-refractivity contribution in [3.8, 4) is 0 Å². The molecule has 27 heavy (non-hydrogen) atoms. The SMILES string of the molecule is NS(=O)(=O)c1cccc(C(=O)N2CCN(S(=O)(=O)c3ccccc3)CC2)c1. The number of nitrogens with two attached hydrogens (primary N) is 1. The maximum absolute atomic E-state index is 12.6. The van der Waals surface area contributed by atoms with Crippen LogP contribution in [-0.2, 0) is 20.0 Å². The smallest absolute Gasteiger partial charge is 0.253 e. The van der Waals surface area contributed by atoms with E-state index < -0.39 is 20.0 Å². The van der Waals surface area contributed by atoms with Crippen molar-refractivity contribution in [2.45, 2.75) is 9.79 Å². The number of carbonyl (C=O) groups excluding carboxylic acids is 1. The quantitative estimate of drug-likeness (QED) is 0.788. The largest absolute Gasteiger partial charge is 0.336 e. The van der Waals surface area contributed by atoms with Crippen LogP contribution in [0.15, 0.2) is 64.4 Å². The van der Waals surface area contributed by atoms with Crippen LogP contribution in [0.5, 0.6) is 0 Å². The summed E-state index contributed by atoms with van der Waals surface area (Å²) in [4.78, 5) is 14.2. The minimum Gasteiger partial charge on any atom is -0.336 e. The molecule has 0 saturated carbocycles. The standard InChI is InChI=1S/C17H19N3O5S2/c18-26(22,23)16-8-4-5-14(13-16)17(21)19-9-11-20(12-10-19)27(24,25)15-6-2-1-3-7-15/h1-8,13H,9-12H2,(H2,18,22,23). The summed E-state index contributed by atoms with van der Waals surface area (Å²) in [7, 11) is -7.51. The van der Waals surface area contributed by atoms with E-state index in [0.717, 1.165) is 0 Å². The molecule has 0 bridgehead atoms. The van der Waals surface area contributed by atoms with Gasteiger partial charge in [-0.15, -0.1) is 0 Å². The van der Waals surface area contributed by atoms with E-state index in [0.29, 0.717) is 0 Å². The van der Waals surface area contributed by atoms with Crippen molar-refractivity contribution >= 4 is 26.0 Å². The first-order valence-electron chi connectivity index (χ1n) is 8.17. The van der Waals surface area contributed by atoms with Crippen LogP contribution in [0.1, 0.15) is 10.4 Å². The molecule has 3 rings (SSSR count). The molecule has 1 amide bonds. The summed E-state index contributed by atoms with van der Waals surface area (Å²) < 4.78 is 49.5. The van der Waals surface area contributed by atoms with E-state index in [2.05, 4.69) is 0 Å². The van der Waals surface area contributed by atoms with Crippen molar-refractivity contribution in [1.29, 1.82) is 0 Å². The maximum atomic E-state index is 12.6. The Kier molecular flexibility index (Phi) is 5.33. The number of sulfonamides is 2. The van der Waals surface area contributed by atoms with Gasteiger partial charge in [0.25, 0.3) is 5.91 Å². The maximum Gasteiger partial charge on any atom is 0.253 e. The van der Waals surface area contributed by atoms with E-state index in [-0.39, 0.29) is 47.4 Å². The van der Waals surface area contributed by atoms with Crippen molar-refractivity contribution in [2.24, 2.45) is 5.14 Å². The van der Waals surface area contributed by atoms with E-state index in [1.54, 1.807) is 18.2 Å². The van der Waals surface area contributed by atoms with E-state index in [1.807, 2.05) is 0 Å². The van der Waals surface area contributed by atoms with Gasteiger partial charge in [-0.05, 0) is 30.3 Å². The molecule has 0 radical (unpaired) electrons. The van der Waals surface area contributed by atoms with Crippen molar-refractivity contribution in [3.05, 3.63) is 60.2 Å². The van der Waals surface area contributed by atoms with Crippen LogP contribution in [-0.4, -0.2) is 58.1 Å². The van der Waals surface area contributed by atoms with Gasteiger partial charge >= 0.3 is 0 Å². The number of hydrogen-bond donors (Lipinski definition) is 1. The molecule has 1 heterocycles. The molecule has 0 unspecified atom stereocenters. The fourth-order valence-corrected chi connectivity index (χ4v) is 4.86. The lowest BCUT2D eigenvalue weighted by atomic mass is 10.2. The molecule has 2 aromatic carbocycles. The summed E-state index contributed by atoms with van der Waals surface area (Å²) in [6, 6.07) is 13.6. The summed E-state index contributed by atoms with van der Waals surface area (Å²) in [6.07, 6.45) is 0. The highest BCUT2D eigenvalue weighted by atomic mass is 32.2. The minimum absolute atomic E-state index is 0.140. The lowest BCUT2D eigenvalue weighted by molar-refractivity contribution is 0.0697. The summed E-state index contributed by atoms with van der Waals surface area (Å²) in [5.41, 5.74) is 0.195. The Morgan fingerprint density at radius 3 is 2.00 bits per heavy atom. The lowest BCUT2D eigenvalue weighted by Gasteiger charge is -2.34. The number of benzene rings is 2. The average Bonchev–Trinajstić information content (AvgIpc) is 2.67. The van der Waals surface area contributed by atoms with Gasteiger partial charge in [0.05, 0.1) is 9.79 Å². The first kappa shape index (κ1) is 19.5. The zero-order chi connectivity index (χ0) is 19.7. The lowest BCUT2D eigenvalue weighted by Crippen LogP contribution is -2.50. The Morgan fingerprint density at radius 2 is 1.41 bits per heavy atom. The summed E-state index contributed by atoms with van der Waals surface area (Å²) in [5.74, 6) is -0.364. The molecule has 0 aromatic heterocycles. The van der Waals surface area contributed by atoms with Gasteiger partial charge in [0, 0.05) is 31.7 Å². The summed E-state index contributed by atoms with van der Waals surface area (Å²) >= 11 is 0. The number of amides is 1. The molecule has 1 saturated heterocycles. The van der Waals surface area contributed by atoms with Gasteiger partial charge in [-0.1, -0.05) is 24.3 Å². The molecule has 1 aliphatic rings. The third kappa shape index (κ3) is 4.19. The number of nitrogens with zero attached hydrogens (tertiary/aromatic N) is 2. The minimum atomic E-state index is -3.91. The Morgan fingerprint density at radius 1 is 0.815 bits per heavy atom. The Hall–Kier alpha value is -2.27. The van der Waals surface area contributed by atoms with Crippen LogP contribution in [0.2, 0.25) is 0 Å². The Labute approximate surface area is 158 Å².